The van der Waals surface area contributed by atoms with Gasteiger partial charge in [0.15, 0.2) is 0 Å². The van der Waals surface area contributed by atoms with Gasteiger partial charge in [-0.15, -0.1) is 0 Å². The van der Waals surface area contributed by atoms with E-state index in [1.165, 1.54) is 11.6 Å². The van der Waals surface area contributed by atoms with Crippen LogP contribution in [0.25, 0.3) is 0 Å². The molecule has 1 N–H and O–H groups in total. The van der Waals surface area contributed by atoms with Gasteiger partial charge in [0, 0.05) is 12.5 Å². The molecule has 1 aromatic heterocycles. The first kappa shape index (κ1) is 16.3. The Hall–Kier alpha value is -1.53. The zero-order chi connectivity index (χ0) is 16.3. The first-order valence-electron chi connectivity index (χ1n) is 7.57. The van der Waals surface area contributed by atoms with Crippen molar-refractivity contribution in [3.8, 4) is 5.75 Å². The first-order chi connectivity index (χ1) is 11.0. The van der Waals surface area contributed by atoms with Crippen LogP contribution in [0.4, 0.5) is 13.2 Å². The lowest BCUT2D eigenvalue weighted by Crippen LogP contribution is -2.38. The van der Waals surface area contributed by atoms with Crippen LogP contribution in [-0.2, 0) is 6.18 Å². The van der Waals surface area contributed by atoms with Crippen LogP contribution < -0.4 is 10.1 Å². The quantitative estimate of drug-likeness (QED) is 0.882. The molecule has 1 aliphatic rings. The summed E-state index contributed by atoms with van der Waals surface area (Å²) >= 11 is 1.67. The van der Waals surface area contributed by atoms with Crippen molar-refractivity contribution in [2.75, 3.05) is 19.7 Å². The maximum absolute atomic E-state index is 12.7. The van der Waals surface area contributed by atoms with Gasteiger partial charge in [-0.05, 0) is 59.5 Å². The molecular weight excluding hydrogens is 323 g/mol. The van der Waals surface area contributed by atoms with Crippen LogP contribution in [0.1, 0.15) is 23.5 Å². The van der Waals surface area contributed by atoms with E-state index in [9.17, 15) is 13.2 Å². The molecule has 0 amide bonds. The van der Waals surface area contributed by atoms with Crippen molar-refractivity contribution < 1.29 is 17.9 Å². The lowest BCUT2D eigenvalue weighted by molar-refractivity contribution is -0.137. The molecule has 1 saturated heterocycles. The lowest BCUT2D eigenvalue weighted by atomic mass is 9.83. The van der Waals surface area contributed by atoms with Crippen molar-refractivity contribution >= 4 is 11.3 Å². The van der Waals surface area contributed by atoms with Gasteiger partial charge < -0.3 is 10.1 Å². The first-order valence-corrected chi connectivity index (χ1v) is 8.51. The normalized spacial score (nSPS) is 22.0. The molecule has 3 rings (SSSR count). The summed E-state index contributed by atoms with van der Waals surface area (Å²) in [6.07, 6.45) is -3.32. The molecule has 0 radical (unpaired) electrons. The number of ether oxygens (including phenoxy) is 1. The van der Waals surface area contributed by atoms with E-state index in [0.29, 0.717) is 12.5 Å². The molecule has 2 aromatic rings. The maximum atomic E-state index is 12.7. The molecule has 0 aliphatic carbocycles. The number of alkyl halides is 3. The van der Waals surface area contributed by atoms with Crippen LogP contribution in [0.15, 0.2) is 41.1 Å². The summed E-state index contributed by atoms with van der Waals surface area (Å²) in [5.41, 5.74) is 0.625. The van der Waals surface area contributed by atoms with Gasteiger partial charge in [-0.2, -0.15) is 24.5 Å². The number of halogens is 3. The van der Waals surface area contributed by atoms with Gasteiger partial charge in [-0.25, -0.2) is 0 Å². The monoisotopic (exact) mass is 341 g/mol. The van der Waals surface area contributed by atoms with Crippen molar-refractivity contribution in [2.45, 2.75) is 18.5 Å². The second-order valence-electron chi connectivity index (χ2n) is 5.75. The highest BCUT2D eigenvalue weighted by atomic mass is 32.1. The lowest BCUT2D eigenvalue weighted by Gasteiger charge is -2.31. The summed E-state index contributed by atoms with van der Waals surface area (Å²) < 4.78 is 43.9. The Morgan fingerprint density at radius 3 is 2.87 bits per heavy atom. The van der Waals surface area contributed by atoms with Gasteiger partial charge in [-0.1, -0.05) is 6.07 Å². The van der Waals surface area contributed by atoms with Gasteiger partial charge in [0.2, 0.25) is 0 Å². The minimum absolute atomic E-state index is 0.257. The van der Waals surface area contributed by atoms with Crippen molar-refractivity contribution in [1.82, 2.24) is 5.32 Å². The number of benzene rings is 1. The molecule has 2 atom stereocenters. The fraction of sp³-hybridized carbons (Fsp3) is 0.412. The van der Waals surface area contributed by atoms with E-state index in [2.05, 4.69) is 22.1 Å². The van der Waals surface area contributed by atoms with Crippen molar-refractivity contribution in [2.24, 2.45) is 5.92 Å². The zero-order valence-electron chi connectivity index (χ0n) is 12.5. The van der Waals surface area contributed by atoms with Crippen molar-refractivity contribution in [1.29, 1.82) is 0 Å². The van der Waals surface area contributed by atoms with E-state index < -0.39 is 11.7 Å². The average Bonchev–Trinajstić information content (AvgIpc) is 3.07. The van der Waals surface area contributed by atoms with Crippen LogP contribution in [-0.4, -0.2) is 19.7 Å². The van der Waals surface area contributed by atoms with E-state index in [1.807, 2.05) is 0 Å². The highest BCUT2D eigenvalue weighted by molar-refractivity contribution is 7.07. The Balaban J connectivity index is 1.67. The Morgan fingerprint density at radius 2 is 2.13 bits per heavy atom. The van der Waals surface area contributed by atoms with Crippen LogP contribution in [0.3, 0.4) is 0 Å². The SMILES string of the molecule is FC(F)(F)c1cccc(OC[C@@H]2CNCC[C@H]2c2ccsc2)c1. The van der Waals surface area contributed by atoms with E-state index >= 15 is 0 Å². The standard InChI is InChI=1S/C17H18F3NOS/c18-17(19,20)14-2-1-3-15(8-14)22-10-13-9-21-6-4-16(13)12-5-7-23-11-12/h1-3,5,7-8,11,13,16,21H,4,6,9-10H2/t13-,16-/m0/s1. The van der Waals surface area contributed by atoms with Crippen LogP contribution in [0, 0.1) is 5.92 Å². The number of hydrogen-bond donors (Lipinski definition) is 1. The van der Waals surface area contributed by atoms with Gasteiger partial charge in [0.25, 0.3) is 0 Å². The van der Waals surface area contributed by atoms with Crippen LogP contribution in [0.2, 0.25) is 0 Å². The molecule has 1 aliphatic heterocycles. The van der Waals surface area contributed by atoms with Gasteiger partial charge in [-0.3, -0.25) is 0 Å². The second kappa shape index (κ2) is 6.93. The molecule has 124 valence electrons. The number of piperidine rings is 1. The molecular formula is C17H18F3NOS. The summed E-state index contributed by atoms with van der Waals surface area (Å²) in [6.45, 7) is 2.19. The topological polar surface area (TPSA) is 21.3 Å². The third kappa shape index (κ3) is 4.06. The molecule has 2 nitrogen and oxygen atoms in total. The minimum Gasteiger partial charge on any atom is -0.493 e. The van der Waals surface area contributed by atoms with Crippen molar-refractivity contribution in [3.05, 3.63) is 52.2 Å². The molecule has 0 bridgehead atoms. The number of hydrogen-bond acceptors (Lipinski definition) is 3. The van der Waals surface area contributed by atoms with E-state index in [-0.39, 0.29) is 11.7 Å². The van der Waals surface area contributed by atoms with Gasteiger partial charge in [0.1, 0.15) is 5.75 Å². The van der Waals surface area contributed by atoms with E-state index in [4.69, 9.17) is 4.74 Å². The summed E-state index contributed by atoms with van der Waals surface area (Å²) in [6, 6.07) is 7.20. The smallest absolute Gasteiger partial charge is 0.416 e. The molecule has 0 saturated carbocycles. The summed E-state index contributed by atoms with van der Waals surface area (Å²) in [5, 5.41) is 7.55. The van der Waals surface area contributed by atoms with E-state index in [0.717, 1.165) is 31.6 Å². The predicted octanol–water partition coefficient (Wildman–Crippen LogP) is 4.54. The molecule has 6 heteroatoms. The Kier molecular flexibility index (Phi) is 4.92. The second-order valence-corrected chi connectivity index (χ2v) is 6.53. The zero-order valence-corrected chi connectivity index (χ0v) is 13.3. The maximum Gasteiger partial charge on any atom is 0.416 e. The Morgan fingerprint density at radius 1 is 1.26 bits per heavy atom. The largest absolute Gasteiger partial charge is 0.493 e. The van der Waals surface area contributed by atoms with E-state index in [1.54, 1.807) is 17.4 Å². The van der Waals surface area contributed by atoms with Gasteiger partial charge in [0.05, 0.1) is 12.2 Å². The number of nitrogens with one attached hydrogen (secondary N) is 1. The Bertz CT molecular complexity index is 627. The highest BCUT2D eigenvalue weighted by Gasteiger charge is 2.31. The molecule has 23 heavy (non-hydrogen) atoms. The fourth-order valence-electron chi connectivity index (χ4n) is 2.99. The number of rotatable bonds is 4. The highest BCUT2D eigenvalue weighted by Crippen LogP contribution is 2.34. The van der Waals surface area contributed by atoms with Crippen LogP contribution >= 0.6 is 11.3 Å². The van der Waals surface area contributed by atoms with Crippen LogP contribution in [0.5, 0.6) is 5.75 Å². The van der Waals surface area contributed by atoms with Crippen molar-refractivity contribution in [3.63, 3.8) is 0 Å². The number of thiophene rings is 1. The molecule has 0 spiro atoms. The predicted molar refractivity (Wildman–Crippen MR) is 85.0 cm³/mol. The summed E-state index contributed by atoms with van der Waals surface area (Å²) in [5.74, 6) is 0.927. The minimum atomic E-state index is -4.34. The average molecular weight is 341 g/mol. The molecule has 1 fully saturated rings. The third-order valence-electron chi connectivity index (χ3n) is 4.20. The fourth-order valence-corrected chi connectivity index (χ4v) is 3.71. The molecule has 2 heterocycles. The molecule has 0 unspecified atom stereocenters. The molecule has 1 aromatic carbocycles. The third-order valence-corrected chi connectivity index (χ3v) is 4.91. The Labute approximate surface area is 137 Å². The summed E-state index contributed by atoms with van der Waals surface area (Å²) in [4.78, 5) is 0. The van der Waals surface area contributed by atoms with Gasteiger partial charge >= 0.3 is 6.18 Å². The summed E-state index contributed by atoms with van der Waals surface area (Å²) in [7, 11) is 0.